The van der Waals surface area contributed by atoms with E-state index in [2.05, 4.69) is 49.2 Å². The Hall–Kier alpha value is -0.730. The average molecular weight is 281 g/mol. The molecule has 1 heterocycles. The zero-order chi connectivity index (χ0) is 14.0. The van der Waals surface area contributed by atoms with Crippen molar-refractivity contribution in [1.82, 2.24) is 5.32 Å². The Kier molecular flexibility index (Phi) is 4.75. The highest BCUT2D eigenvalue weighted by atomic mass is 35.5. The number of nitrogens with one attached hydrogen (secondary N) is 1. The predicted molar refractivity (Wildman–Crippen MR) is 84.1 cm³/mol. The van der Waals surface area contributed by atoms with E-state index in [1.54, 1.807) is 0 Å². The summed E-state index contributed by atoms with van der Waals surface area (Å²) in [5.74, 6) is 0.827. The van der Waals surface area contributed by atoms with Crippen LogP contribution in [0.25, 0.3) is 0 Å². The van der Waals surface area contributed by atoms with Crippen LogP contribution in [0.15, 0.2) is 18.2 Å². The second kappa shape index (κ2) is 6.15. The molecule has 0 saturated carbocycles. The Morgan fingerprint density at radius 2 is 2.11 bits per heavy atom. The summed E-state index contributed by atoms with van der Waals surface area (Å²) in [7, 11) is 1.97. The van der Waals surface area contributed by atoms with Gasteiger partial charge in [0.1, 0.15) is 0 Å². The Bertz CT molecular complexity index is 433. The van der Waals surface area contributed by atoms with Crippen molar-refractivity contribution < 1.29 is 0 Å². The molecule has 3 heteroatoms. The highest BCUT2D eigenvalue weighted by Crippen LogP contribution is 2.34. The largest absolute Gasteiger partial charge is 0.368 e. The van der Waals surface area contributed by atoms with Gasteiger partial charge >= 0.3 is 0 Å². The molecular weight excluding hydrogens is 256 g/mol. The van der Waals surface area contributed by atoms with Crippen molar-refractivity contribution in [1.29, 1.82) is 0 Å². The van der Waals surface area contributed by atoms with Gasteiger partial charge in [0.2, 0.25) is 0 Å². The lowest BCUT2D eigenvalue weighted by molar-refractivity contribution is 0.378. The molecule has 0 bridgehead atoms. The first-order chi connectivity index (χ1) is 9.02. The first-order valence-corrected chi connectivity index (χ1v) is 7.64. The maximum Gasteiger partial charge on any atom is 0.0642 e. The minimum absolute atomic E-state index is 0.338. The molecule has 0 radical (unpaired) electrons. The molecule has 1 aliphatic rings. The van der Waals surface area contributed by atoms with Crippen LogP contribution in [0.1, 0.15) is 45.2 Å². The van der Waals surface area contributed by atoms with Crippen molar-refractivity contribution in [2.24, 2.45) is 5.92 Å². The molecule has 0 aliphatic carbocycles. The van der Waals surface area contributed by atoms with E-state index in [4.69, 9.17) is 11.6 Å². The minimum atomic E-state index is 0.338. The molecule has 0 spiro atoms. The number of hydrogen-bond donors (Lipinski definition) is 1. The lowest BCUT2D eigenvalue weighted by Crippen LogP contribution is -2.40. The van der Waals surface area contributed by atoms with Gasteiger partial charge in [-0.25, -0.2) is 0 Å². The van der Waals surface area contributed by atoms with Gasteiger partial charge in [0.25, 0.3) is 0 Å². The molecule has 3 unspecified atom stereocenters. The fraction of sp³-hybridized carbons (Fsp3) is 0.625. The lowest BCUT2D eigenvalue weighted by Gasteiger charge is -2.39. The quantitative estimate of drug-likeness (QED) is 0.891. The van der Waals surface area contributed by atoms with E-state index in [0.717, 1.165) is 17.5 Å². The van der Waals surface area contributed by atoms with Gasteiger partial charge < -0.3 is 10.2 Å². The summed E-state index contributed by atoms with van der Waals surface area (Å²) in [6, 6.07) is 7.38. The number of hydrogen-bond acceptors (Lipinski definition) is 2. The third kappa shape index (κ3) is 3.24. The van der Waals surface area contributed by atoms with Crippen molar-refractivity contribution >= 4 is 17.3 Å². The summed E-state index contributed by atoms with van der Waals surface area (Å²) >= 11 is 6.50. The van der Waals surface area contributed by atoms with Gasteiger partial charge in [0.05, 0.1) is 10.7 Å². The summed E-state index contributed by atoms with van der Waals surface area (Å²) in [6.45, 7) is 7.91. The van der Waals surface area contributed by atoms with Crippen LogP contribution in [0.2, 0.25) is 5.02 Å². The summed E-state index contributed by atoms with van der Waals surface area (Å²) < 4.78 is 0. The average Bonchev–Trinajstić information content (AvgIpc) is 2.38. The van der Waals surface area contributed by atoms with Gasteiger partial charge in [-0.1, -0.05) is 24.6 Å². The summed E-state index contributed by atoms with van der Waals surface area (Å²) in [5, 5.41) is 4.13. The van der Waals surface area contributed by atoms with Gasteiger partial charge in [-0.15, -0.1) is 0 Å². The van der Waals surface area contributed by atoms with E-state index in [1.807, 2.05) is 7.05 Å². The molecule has 1 aromatic carbocycles. The second-order valence-corrected chi connectivity index (χ2v) is 6.30. The number of halogens is 1. The van der Waals surface area contributed by atoms with E-state index < -0.39 is 0 Å². The zero-order valence-corrected chi connectivity index (χ0v) is 13.2. The zero-order valence-electron chi connectivity index (χ0n) is 12.4. The van der Waals surface area contributed by atoms with E-state index in [9.17, 15) is 0 Å². The summed E-state index contributed by atoms with van der Waals surface area (Å²) in [5.41, 5.74) is 2.43. The molecule has 1 aliphatic heterocycles. The standard InChI is InChI=1S/C16H25ClN2/c1-11-7-8-19(12(2)9-11)16-6-5-14(10-15(16)17)13(3)18-4/h5-6,10-13,18H,7-9H2,1-4H3. The van der Waals surface area contributed by atoms with E-state index >= 15 is 0 Å². The third-order valence-electron chi connectivity index (χ3n) is 4.35. The Balaban J connectivity index is 2.21. The SMILES string of the molecule is CNC(C)c1ccc(N2CCC(C)CC2C)c(Cl)c1. The number of piperidine rings is 1. The van der Waals surface area contributed by atoms with Crippen molar-refractivity contribution in [3.05, 3.63) is 28.8 Å². The second-order valence-electron chi connectivity index (χ2n) is 5.89. The first-order valence-electron chi connectivity index (χ1n) is 7.26. The van der Waals surface area contributed by atoms with Gasteiger partial charge in [0, 0.05) is 18.6 Å². The molecule has 1 fully saturated rings. The smallest absolute Gasteiger partial charge is 0.0642 e. The van der Waals surface area contributed by atoms with Crippen molar-refractivity contribution in [3.63, 3.8) is 0 Å². The summed E-state index contributed by atoms with van der Waals surface area (Å²) in [4.78, 5) is 2.45. The number of rotatable bonds is 3. The number of anilines is 1. The van der Waals surface area contributed by atoms with Crippen molar-refractivity contribution in [2.75, 3.05) is 18.5 Å². The van der Waals surface area contributed by atoms with Gasteiger partial charge in [-0.3, -0.25) is 0 Å². The van der Waals surface area contributed by atoms with Crippen LogP contribution in [-0.2, 0) is 0 Å². The maximum atomic E-state index is 6.50. The molecule has 1 saturated heterocycles. The van der Waals surface area contributed by atoms with Crippen LogP contribution in [0.4, 0.5) is 5.69 Å². The molecule has 19 heavy (non-hydrogen) atoms. The molecule has 2 rings (SSSR count). The molecular formula is C16H25ClN2. The number of nitrogens with zero attached hydrogens (tertiary/aromatic N) is 1. The molecule has 1 aromatic rings. The van der Waals surface area contributed by atoms with Crippen molar-refractivity contribution in [2.45, 2.75) is 45.7 Å². The van der Waals surface area contributed by atoms with Gasteiger partial charge in [0.15, 0.2) is 0 Å². The van der Waals surface area contributed by atoms with E-state index in [0.29, 0.717) is 12.1 Å². The molecule has 0 amide bonds. The Labute approximate surface area is 122 Å². The van der Waals surface area contributed by atoms with Crippen LogP contribution in [0, 0.1) is 5.92 Å². The van der Waals surface area contributed by atoms with Crippen LogP contribution in [-0.4, -0.2) is 19.6 Å². The molecule has 106 valence electrons. The van der Waals surface area contributed by atoms with E-state index in [-0.39, 0.29) is 0 Å². The topological polar surface area (TPSA) is 15.3 Å². The summed E-state index contributed by atoms with van der Waals surface area (Å²) in [6.07, 6.45) is 2.51. The molecule has 1 N–H and O–H groups in total. The third-order valence-corrected chi connectivity index (χ3v) is 4.66. The van der Waals surface area contributed by atoms with Crippen LogP contribution >= 0.6 is 11.6 Å². The fourth-order valence-electron chi connectivity index (χ4n) is 2.96. The van der Waals surface area contributed by atoms with Gasteiger partial charge in [-0.2, -0.15) is 0 Å². The fourth-order valence-corrected chi connectivity index (χ4v) is 3.25. The highest BCUT2D eigenvalue weighted by Gasteiger charge is 2.24. The molecule has 2 nitrogen and oxygen atoms in total. The normalized spacial score (nSPS) is 25.4. The molecule has 3 atom stereocenters. The Morgan fingerprint density at radius 1 is 1.37 bits per heavy atom. The van der Waals surface area contributed by atoms with Crippen LogP contribution in [0.3, 0.4) is 0 Å². The van der Waals surface area contributed by atoms with E-state index in [1.165, 1.54) is 24.1 Å². The lowest BCUT2D eigenvalue weighted by atomic mass is 9.93. The van der Waals surface area contributed by atoms with Crippen LogP contribution < -0.4 is 10.2 Å². The van der Waals surface area contributed by atoms with Crippen LogP contribution in [0.5, 0.6) is 0 Å². The minimum Gasteiger partial charge on any atom is -0.368 e. The van der Waals surface area contributed by atoms with Gasteiger partial charge in [-0.05, 0) is 57.4 Å². The molecule has 0 aromatic heterocycles. The van der Waals surface area contributed by atoms with Crippen molar-refractivity contribution in [3.8, 4) is 0 Å². The maximum absolute atomic E-state index is 6.50. The highest BCUT2D eigenvalue weighted by molar-refractivity contribution is 6.33. The predicted octanol–water partition coefficient (Wildman–Crippen LogP) is 4.25. The Morgan fingerprint density at radius 3 is 2.68 bits per heavy atom. The number of benzene rings is 1. The monoisotopic (exact) mass is 280 g/mol. The first kappa shape index (κ1) is 14.7.